The molecule has 0 aromatic heterocycles. The first-order valence-electron chi connectivity index (χ1n) is 11.1. The van der Waals surface area contributed by atoms with Gasteiger partial charge in [-0.25, -0.2) is 0 Å². The summed E-state index contributed by atoms with van der Waals surface area (Å²) in [5.41, 5.74) is 6.48. The standard InChI is InChI=1S/C30H23NO4/c31-22-9-6-12-24(19-22)33-26-14-8-16-28(21-26)35-30-18-5-4-17-29(30)34-27-15-7-13-25(20-27)32-23-10-2-1-3-11-23/h1-21H,31H2. The average molecular weight is 462 g/mol. The fraction of sp³-hybridized carbons (Fsp3) is 0. The van der Waals surface area contributed by atoms with E-state index in [1.807, 2.05) is 121 Å². The Kier molecular flexibility index (Phi) is 6.49. The van der Waals surface area contributed by atoms with Crippen molar-refractivity contribution in [2.24, 2.45) is 0 Å². The summed E-state index contributed by atoms with van der Waals surface area (Å²) >= 11 is 0. The Morgan fingerprint density at radius 3 is 1.29 bits per heavy atom. The fourth-order valence-corrected chi connectivity index (χ4v) is 3.41. The molecule has 172 valence electrons. The molecule has 5 aromatic rings. The van der Waals surface area contributed by atoms with E-state index in [0.29, 0.717) is 45.9 Å². The molecule has 0 radical (unpaired) electrons. The second kappa shape index (κ2) is 10.4. The lowest BCUT2D eigenvalue weighted by Crippen LogP contribution is -1.92. The Balaban J connectivity index is 1.32. The van der Waals surface area contributed by atoms with Crippen LogP contribution in [-0.4, -0.2) is 0 Å². The Hall–Kier alpha value is -4.90. The van der Waals surface area contributed by atoms with E-state index < -0.39 is 0 Å². The van der Waals surface area contributed by atoms with Crippen molar-refractivity contribution < 1.29 is 18.9 Å². The maximum Gasteiger partial charge on any atom is 0.169 e. The fourth-order valence-electron chi connectivity index (χ4n) is 3.41. The van der Waals surface area contributed by atoms with Crippen LogP contribution in [0.15, 0.2) is 127 Å². The third kappa shape index (κ3) is 5.92. The van der Waals surface area contributed by atoms with Gasteiger partial charge < -0.3 is 24.7 Å². The predicted molar refractivity (Wildman–Crippen MR) is 137 cm³/mol. The van der Waals surface area contributed by atoms with E-state index in [0.717, 1.165) is 5.75 Å². The molecule has 0 aliphatic rings. The summed E-state index contributed by atoms with van der Waals surface area (Å²) in [5, 5.41) is 0. The van der Waals surface area contributed by atoms with Crippen LogP contribution >= 0.6 is 0 Å². The van der Waals surface area contributed by atoms with Crippen molar-refractivity contribution in [2.75, 3.05) is 5.73 Å². The number of nitrogen functional groups attached to an aromatic ring is 1. The van der Waals surface area contributed by atoms with E-state index in [2.05, 4.69) is 0 Å². The molecule has 0 aliphatic carbocycles. The van der Waals surface area contributed by atoms with E-state index in [-0.39, 0.29) is 0 Å². The Bertz CT molecular complexity index is 1420. The van der Waals surface area contributed by atoms with Gasteiger partial charge in [0.05, 0.1) is 0 Å². The van der Waals surface area contributed by atoms with Crippen LogP contribution in [0.3, 0.4) is 0 Å². The Labute approximate surface area is 203 Å². The van der Waals surface area contributed by atoms with Crippen LogP contribution in [-0.2, 0) is 0 Å². The SMILES string of the molecule is Nc1cccc(Oc2cccc(Oc3ccccc3Oc3cccc(Oc4ccccc4)c3)c2)c1. The first kappa shape index (κ1) is 21.9. The van der Waals surface area contributed by atoms with Crippen LogP contribution < -0.4 is 24.7 Å². The molecule has 5 heteroatoms. The molecule has 5 nitrogen and oxygen atoms in total. The minimum absolute atomic E-state index is 0.572. The minimum Gasteiger partial charge on any atom is -0.457 e. The molecule has 35 heavy (non-hydrogen) atoms. The topological polar surface area (TPSA) is 62.9 Å². The van der Waals surface area contributed by atoms with Gasteiger partial charge in [0.25, 0.3) is 0 Å². The quantitative estimate of drug-likeness (QED) is 0.235. The molecule has 5 aromatic carbocycles. The van der Waals surface area contributed by atoms with Gasteiger partial charge in [-0.05, 0) is 60.7 Å². The molecule has 0 heterocycles. The highest BCUT2D eigenvalue weighted by molar-refractivity contribution is 5.49. The van der Waals surface area contributed by atoms with Gasteiger partial charge in [0.1, 0.15) is 34.5 Å². The number of hydrogen-bond donors (Lipinski definition) is 1. The molecule has 0 fully saturated rings. The van der Waals surface area contributed by atoms with Gasteiger partial charge in [0.15, 0.2) is 11.5 Å². The second-order valence-corrected chi connectivity index (χ2v) is 7.69. The van der Waals surface area contributed by atoms with Crippen LogP contribution in [0.1, 0.15) is 0 Å². The highest BCUT2D eigenvalue weighted by atomic mass is 16.5. The van der Waals surface area contributed by atoms with Gasteiger partial charge in [-0.1, -0.05) is 48.5 Å². The predicted octanol–water partition coefficient (Wildman–Crippen LogP) is 8.44. The first-order chi connectivity index (χ1) is 17.2. The van der Waals surface area contributed by atoms with Gasteiger partial charge in [0, 0.05) is 23.9 Å². The van der Waals surface area contributed by atoms with E-state index in [9.17, 15) is 0 Å². The third-order valence-corrected chi connectivity index (χ3v) is 4.99. The van der Waals surface area contributed by atoms with Crippen molar-refractivity contribution in [3.8, 4) is 46.0 Å². The van der Waals surface area contributed by atoms with Gasteiger partial charge in [-0.3, -0.25) is 0 Å². The van der Waals surface area contributed by atoms with E-state index in [1.165, 1.54) is 0 Å². The van der Waals surface area contributed by atoms with Gasteiger partial charge in [-0.15, -0.1) is 0 Å². The van der Waals surface area contributed by atoms with E-state index in [1.54, 1.807) is 6.07 Å². The molecule has 0 spiro atoms. The second-order valence-electron chi connectivity index (χ2n) is 7.69. The molecule has 0 bridgehead atoms. The molecular formula is C30H23NO4. The smallest absolute Gasteiger partial charge is 0.169 e. The summed E-state index contributed by atoms with van der Waals surface area (Å²) in [6.45, 7) is 0. The molecule has 0 saturated heterocycles. The lowest BCUT2D eigenvalue weighted by atomic mass is 10.3. The number of rotatable bonds is 8. The summed E-state index contributed by atoms with van der Waals surface area (Å²) in [6, 6.07) is 39.3. The zero-order valence-electron chi connectivity index (χ0n) is 18.8. The minimum atomic E-state index is 0.572. The van der Waals surface area contributed by atoms with Crippen molar-refractivity contribution in [3.05, 3.63) is 127 Å². The number of benzene rings is 5. The lowest BCUT2D eigenvalue weighted by molar-refractivity contribution is 0.412. The monoisotopic (exact) mass is 461 g/mol. The van der Waals surface area contributed by atoms with Crippen molar-refractivity contribution >= 4 is 5.69 Å². The van der Waals surface area contributed by atoms with Crippen molar-refractivity contribution in [1.82, 2.24) is 0 Å². The molecule has 5 rings (SSSR count). The largest absolute Gasteiger partial charge is 0.457 e. The Morgan fingerprint density at radius 1 is 0.343 bits per heavy atom. The zero-order chi connectivity index (χ0) is 23.9. The first-order valence-corrected chi connectivity index (χ1v) is 11.1. The molecular weight excluding hydrogens is 438 g/mol. The molecule has 0 atom stereocenters. The molecule has 0 amide bonds. The van der Waals surface area contributed by atoms with Crippen molar-refractivity contribution in [3.63, 3.8) is 0 Å². The number of hydrogen-bond acceptors (Lipinski definition) is 5. The summed E-state index contributed by atoms with van der Waals surface area (Å²) in [4.78, 5) is 0. The number of nitrogens with two attached hydrogens (primary N) is 1. The number of anilines is 1. The maximum absolute atomic E-state index is 6.15. The Morgan fingerprint density at radius 2 is 0.743 bits per heavy atom. The summed E-state index contributed by atoms with van der Waals surface area (Å²) in [6.07, 6.45) is 0. The molecule has 2 N–H and O–H groups in total. The van der Waals surface area contributed by atoms with Crippen LogP contribution in [0, 0.1) is 0 Å². The third-order valence-electron chi connectivity index (χ3n) is 4.99. The van der Waals surface area contributed by atoms with Crippen LogP contribution in [0.4, 0.5) is 5.69 Å². The van der Waals surface area contributed by atoms with Crippen molar-refractivity contribution in [2.45, 2.75) is 0 Å². The number of ether oxygens (including phenoxy) is 4. The normalized spacial score (nSPS) is 10.4. The lowest BCUT2D eigenvalue weighted by Gasteiger charge is -2.14. The van der Waals surface area contributed by atoms with Crippen LogP contribution in [0.25, 0.3) is 0 Å². The highest BCUT2D eigenvalue weighted by Gasteiger charge is 2.09. The van der Waals surface area contributed by atoms with Crippen LogP contribution in [0.2, 0.25) is 0 Å². The van der Waals surface area contributed by atoms with Crippen molar-refractivity contribution in [1.29, 1.82) is 0 Å². The van der Waals surface area contributed by atoms with Crippen LogP contribution in [0.5, 0.6) is 46.0 Å². The maximum atomic E-state index is 6.15. The van der Waals surface area contributed by atoms with Gasteiger partial charge in [0.2, 0.25) is 0 Å². The average Bonchev–Trinajstić information content (AvgIpc) is 2.86. The summed E-state index contributed by atoms with van der Waals surface area (Å²) in [5.74, 6) is 5.12. The molecule has 0 unspecified atom stereocenters. The van der Waals surface area contributed by atoms with Gasteiger partial charge in [-0.2, -0.15) is 0 Å². The summed E-state index contributed by atoms with van der Waals surface area (Å²) in [7, 11) is 0. The zero-order valence-corrected chi connectivity index (χ0v) is 18.8. The summed E-state index contributed by atoms with van der Waals surface area (Å²) < 4.78 is 24.1. The number of para-hydroxylation sites is 3. The van der Waals surface area contributed by atoms with Gasteiger partial charge >= 0.3 is 0 Å². The highest BCUT2D eigenvalue weighted by Crippen LogP contribution is 2.37. The molecule has 0 saturated carbocycles. The molecule has 0 aliphatic heterocycles. The van der Waals surface area contributed by atoms with E-state index >= 15 is 0 Å². The van der Waals surface area contributed by atoms with E-state index in [4.69, 9.17) is 24.7 Å².